The Bertz CT molecular complexity index is 1560. The highest BCUT2D eigenvalue weighted by Crippen LogP contribution is 2.68. The van der Waals surface area contributed by atoms with E-state index >= 15 is 0 Å². The summed E-state index contributed by atoms with van der Waals surface area (Å²) in [6.45, 7) is 2.49. The van der Waals surface area contributed by atoms with E-state index in [1.54, 1.807) is 30.3 Å². The van der Waals surface area contributed by atoms with Gasteiger partial charge in [0.2, 0.25) is 5.91 Å². The second-order valence-electron chi connectivity index (χ2n) is 10.4. The van der Waals surface area contributed by atoms with Crippen LogP contribution in [0, 0.1) is 12.8 Å². The van der Waals surface area contributed by atoms with Crippen LogP contribution < -0.4 is 10.6 Å². The zero-order valence-corrected chi connectivity index (χ0v) is 21.5. The molecule has 3 aromatic rings. The maximum absolute atomic E-state index is 14.6. The molecule has 6 nitrogen and oxygen atoms in total. The monoisotopic (exact) mass is 531 g/mol. The lowest BCUT2D eigenvalue weighted by atomic mass is 9.57. The number of hydrogen-bond donors (Lipinski definition) is 2. The number of anilines is 2. The number of nitrogens with zero attached hydrogens (tertiary/aromatic N) is 1. The van der Waals surface area contributed by atoms with Crippen LogP contribution in [0.25, 0.3) is 0 Å². The highest BCUT2D eigenvalue weighted by molar-refractivity contribution is 6.36. The topological polar surface area (TPSA) is 78.5 Å². The molecule has 0 radical (unpaired) electrons. The van der Waals surface area contributed by atoms with Crippen LogP contribution >= 0.6 is 23.2 Å². The number of ketones is 1. The summed E-state index contributed by atoms with van der Waals surface area (Å²) in [4.78, 5) is 45.6. The first-order valence-electron chi connectivity index (χ1n) is 12.4. The molecule has 4 heterocycles. The van der Waals surface area contributed by atoms with Gasteiger partial charge in [0.05, 0.1) is 21.7 Å². The minimum atomic E-state index is -1.52. The molecular formula is C29H23Cl2N3O3. The first kappa shape index (κ1) is 23.0. The van der Waals surface area contributed by atoms with Crippen molar-refractivity contribution in [2.45, 2.75) is 36.8 Å². The Morgan fingerprint density at radius 2 is 1.70 bits per heavy atom. The van der Waals surface area contributed by atoms with Gasteiger partial charge in [0.15, 0.2) is 5.78 Å². The number of hydrogen-bond acceptors (Lipinski definition) is 4. The van der Waals surface area contributed by atoms with Gasteiger partial charge in [0, 0.05) is 22.9 Å². The van der Waals surface area contributed by atoms with Crippen molar-refractivity contribution in [1.29, 1.82) is 0 Å². The summed E-state index contributed by atoms with van der Waals surface area (Å²) >= 11 is 13.2. The van der Waals surface area contributed by atoms with E-state index in [9.17, 15) is 14.4 Å². The first-order chi connectivity index (χ1) is 17.8. The molecule has 4 aliphatic heterocycles. The van der Waals surface area contributed by atoms with Crippen LogP contribution in [0.2, 0.25) is 10.0 Å². The number of para-hydroxylation sites is 1. The van der Waals surface area contributed by atoms with Gasteiger partial charge in [-0.25, -0.2) is 0 Å². The molecule has 3 aromatic carbocycles. The van der Waals surface area contributed by atoms with Gasteiger partial charge in [0.1, 0.15) is 11.0 Å². The Morgan fingerprint density at radius 3 is 2.51 bits per heavy atom. The lowest BCUT2D eigenvalue weighted by molar-refractivity contribution is -0.137. The van der Waals surface area contributed by atoms with Crippen molar-refractivity contribution in [2.24, 2.45) is 5.92 Å². The highest BCUT2D eigenvalue weighted by atomic mass is 35.5. The van der Waals surface area contributed by atoms with Crippen molar-refractivity contribution in [3.63, 3.8) is 0 Å². The van der Waals surface area contributed by atoms with Crippen molar-refractivity contribution in [3.05, 3.63) is 93.0 Å². The van der Waals surface area contributed by atoms with Crippen molar-refractivity contribution in [1.82, 2.24) is 4.90 Å². The van der Waals surface area contributed by atoms with E-state index in [1.165, 1.54) is 0 Å². The van der Waals surface area contributed by atoms with E-state index in [0.717, 1.165) is 12.0 Å². The van der Waals surface area contributed by atoms with E-state index in [2.05, 4.69) is 15.5 Å². The molecule has 2 fully saturated rings. The Hall–Kier alpha value is -3.19. The van der Waals surface area contributed by atoms with E-state index in [4.69, 9.17) is 23.2 Å². The quantitative estimate of drug-likeness (QED) is 0.439. The molecule has 186 valence electrons. The Labute approximate surface area is 223 Å². The molecule has 2 amide bonds. The molecule has 0 saturated carbocycles. The maximum Gasteiger partial charge on any atom is 0.251 e. The minimum Gasteiger partial charge on any atom is -0.325 e. The number of halogens is 2. The number of carbonyl (C=O) groups excluding carboxylic acids is 3. The molecule has 7 rings (SSSR count). The van der Waals surface area contributed by atoms with Gasteiger partial charge >= 0.3 is 0 Å². The summed E-state index contributed by atoms with van der Waals surface area (Å²) in [6, 6.07) is 17.7. The Balaban J connectivity index is 1.62. The van der Waals surface area contributed by atoms with Crippen molar-refractivity contribution >= 4 is 52.2 Å². The fourth-order valence-electron chi connectivity index (χ4n) is 7.60. The molecule has 0 bridgehead atoms. The van der Waals surface area contributed by atoms with Gasteiger partial charge < -0.3 is 10.6 Å². The Morgan fingerprint density at radius 1 is 0.946 bits per heavy atom. The van der Waals surface area contributed by atoms with Gasteiger partial charge in [-0.1, -0.05) is 59.6 Å². The predicted octanol–water partition coefficient (Wildman–Crippen LogP) is 5.32. The second kappa shape index (κ2) is 7.67. The number of Topliss-reactive ketones (excluding diaryl/α,β-unsaturated/α-hetero) is 1. The van der Waals surface area contributed by atoms with Gasteiger partial charge in [-0.3, -0.25) is 19.3 Å². The van der Waals surface area contributed by atoms with Crippen LogP contribution in [0.15, 0.2) is 60.7 Å². The molecule has 4 aliphatic rings. The van der Waals surface area contributed by atoms with Crippen LogP contribution in [0.3, 0.4) is 0 Å². The van der Waals surface area contributed by atoms with E-state index in [0.29, 0.717) is 51.1 Å². The molecule has 2 spiro atoms. The molecule has 2 N–H and O–H groups in total. The molecule has 4 atom stereocenters. The van der Waals surface area contributed by atoms with Crippen molar-refractivity contribution in [3.8, 4) is 0 Å². The summed E-state index contributed by atoms with van der Waals surface area (Å²) in [5, 5.41) is 6.80. The van der Waals surface area contributed by atoms with E-state index < -0.39 is 16.9 Å². The molecule has 2 saturated heterocycles. The summed E-state index contributed by atoms with van der Waals surface area (Å²) in [5.74, 6) is -1.75. The van der Waals surface area contributed by atoms with Gasteiger partial charge in [-0.2, -0.15) is 0 Å². The number of rotatable bonds is 2. The molecule has 0 aromatic heterocycles. The van der Waals surface area contributed by atoms with Crippen LogP contribution in [-0.4, -0.2) is 35.1 Å². The number of aryl methyl sites for hydroxylation is 1. The summed E-state index contributed by atoms with van der Waals surface area (Å²) in [6.07, 6.45) is 1.49. The average Bonchev–Trinajstić information content (AvgIpc) is 3.58. The SMILES string of the molecule is Cc1cc(Cl)c2c(c1)C1(C(=O)N2)N2CCCC2C(C(=O)c2ccccc2Cl)C12C(=O)Nc1ccccc12. The van der Waals surface area contributed by atoms with Crippen molar-refractivity contribution < 1.29 is 14.4 Å². The maximum atomic E-state index is 14.6. The molecule has 8 heteroatoms. The summed E-state index contributed by atoms with van der Waals surface area (Å²) < 4.78 is 0. The number of benzene rings is 3. The van der Waals surface area contributed by atoms with Crippen LogP contribution in [0.4, 0.5) is 11.4 Å². The number of fused-ring (bicyclic) bond motifs is 7. The van der Waals surface area contributed by atoms with Gasteiger partial charge in [-0.15, -0.1) is 0 Å². The second-order valence-corrected chi connectivity index (χ2v) is 11.2. The average molecular weight is 532 g/mol. The van der Waals surface area contributed by atoms with E-state index in [1.807, 2.05) is 37.3 Å². The normalized spacial score (nSPS) is 29.4. The largest absolute Gasteiger partial charge is 0.325 e. The number of nitrogens with one attached hydrogen (secondary N) is 2. The smallest absolute Gasteiger partial charge is 0.251 e. The summed E-state index contributed by atoms with van der Waals surface area (Å²) in [7, 11) is 0. The lowest BCUT2D eigenvalue weighted by Gasteiger charge is -2.43. The minimum absolute atomic E-state index is 0.230. The predicted molar refractivity (Wildman–Crippen MR) is 142 cm³/mol. The lowest BCUT2D eigenvalue weighted by Crippen LogP contribution is -2.62. The fraction of sp³-hybridized carbons (Fsp3) is 0.276. The molecular weight excluding hydrogens is 509 g/mol. The van der Waals surface area contributed by atoms with Crippen LogP contribution in [0.1, 0.15) is 39.9 Å². The highest BCUT2D eigenvalue weighted by Gasteiger charge is 2.81. The van der Waals surface area contributed by atoms with Gasteiger partial charge in [0.25, 0.3) is 5.91 Å². The number of amides is 2. The van der Waals surface area contributed by atoms with Crippen LogP contribution in [0.5, 0.6) is 0 Å². The zero-order chi connectivity index (χ0) is 25.7. The molecule has 0 aliphatic carbocycles. The van der Waals surface area contributed by atoms with Gasteiger partial charge in [-0.05, 0) is 61.7 Å². The standard InChI is InChI=1S/C29H23Cl2N3O3/c1-15-13-18-24(20(31)14-15)33-27(37)29(18)28(17-8-3-5-10-21(17)32-26(28)36)23(22-11-6-12-34(22)29)25(35)16-7-2-4-9-19(16)30/h2-5,7-10,13-14,22-23H,6,11-12H2,1H3,(H,32,36)(H,33,37). The third kappa shape index (κ3) is 2.58. The van der Waals surface area contributed by atoms with E-state index in [-0.39, 0.29) is 23.6 Å². The zero-order valence-electron chi connectivity index (χ0n) is 20.0. The molecule has 4 unspecified atom stereocenters. The number of carbonyl (C=O) groups is 3. The first-order valence-corrected chi connectivity index (χ1v) is 13.2. The molecule has 37 heavy (non-hydrogen) atoms. The fourth-order valence-corrected chi connectivity index (χ4v) is 8.15. The third-order valence-electron chi connectivity index (χ3n) is 8.72. The Kier molecular flexibility index (Phi) is 4.76. The van der Waals surface area contributed by atoms with Crippen LogP contribution in [-0.2, 0) is 20.5 Å². The summed E-state index contributed by atoms with van der Waals surface area (Å²) in [5.41, 5.74) is 0.689. The van der Waals surface area contributed by atoms with Crippen molar-refractivity contribution in [2.75, 3.05) is 17.2 Å². The third-order valence-corrected chi connectivity index (χ3v) is 9.35.